The first kappa shape index (κ1) is 15.0. The van der Waals surface area contributed by atoms with E-state index < -0.39 is 18.8 Å². The summed E-state index contributed by atoms with van der Waals surface area (Å²) in [6.07, 6.45) is 1.51. The lowest BCUT2D eigenvalue weighted by molar-refractivity contribution is 0.0561. The highest BCUT2D eigenvalue weighted by atomic mass is 31.2. The van der Waals surface area contributed by atoms with Crippen LogP contribution < -0.4 is 0 Å². The van der Waals surface area contributed by atoms with Crippen LogP contribution in [0, 0.1) is 0 Å². The van der Waals surface area contributed by atoms with E-state index in [2.05, 4.69) is 6.58 Å². The van der Waals surface area contributed by atoms with Crippen molar-refractivity contribution >= 4 is 7.60 Å². The number of ether oxygens (including phenoxy) is 1. The first-order valence-electron chi connectivity index (χ1n) is 5.00. The van der Waals surface area contributed by atoms with Crippen molar-refractivity contribution in [3.8, 4) is 0 Å². The maximum Gasteiger partial charge on any atom is 0.399 e. The van der Waals surface area contributed by atoms with Gasteiger partial charge in [0.05, 0.1) is 13.2 Å². The number of benzene rings is 1. The minimum Gasteiger partial charge on any atom is -0.373 e. The monoisotopic (exact) mass is 278 g/mol. The van der Waals surface area contributed by atoms with Crippen LogP contribution in [0.1, 0.15) is 11.1 Å². The molecule has 0 aliphatic carbocycles. The van der Waals surface area contributed by atoms with Crippen LogP contribution in [-0.4, -0.2) is 16.4 Å². The third-order valence-electron chi connectivity index (χ3n) is 2.14. The average molecular weight is 278 g/mol. The van der Waals surface area contributed by atoms with Crippen molar-refractivity contribution in [3.05, 3.63) is 48.0 Å². The normalized spacial score (nSPS) is 12.4. The minimum absolute atomic E-state index is 0.0666. The maximum absolute atomic E-state index is 13.4. The smallest absolute Gasteiger partial charge is 0.373 e. The third-order valence-corrected chi connectivity index (χ3v) is 3.13. The predicted molar refractivity (Wildman–Crippen MR) is 62.2 cm³/mol. The number of hydrogen-bond donors (Lipinski definition) is 2. The molecule has 0 bridgehead atoms. The van der Waals surface area contributed by atoms with E-state index in [-0.39, 0.29) is 13.2 Å². The quantitative estimate of drug-likeness (QED) is 0.477. The molecule has 0 amide bonds. The molecule has 0 fully saturated rings. The van der Waals surface area contributed by atoms with Crippen LogP contribution in [0.25, 0.3) is 0 Å². The first-order valence-corrected chi connectivity index (χ1v) is 6.62. The van der Waals surface area contributed by atoms with Crippen LogP contribution >= 0.6 is 7.60 Å². The Balaban J connectivity index is 2.95. The molecule has 2 N–H and O–H groups in total. The standard InChI is InChI=1S/C11H13F2O4P/c1-2-6-17-8-9-4-3-5-10(7-9)11(12,13)18(14,15)16/h2-5,7H,1,6,8H2,(H2,14,15,16). The fraction of sp³-hybridized carbons (Fsp3) is 0.273. The van der Waals surface area contributed by atoms with Gasteiger partial charge < -0.3 is 14.5 Å². The van der Waals surface area contributed by atoms with Gasteiger partial charge in [-0.15, -0.1) is 6.58 Å². The molecule has 0 saturated carbocycles. The lowest BCUT2D eigenvalue weighted by Crippen LogP contribution is -2.14. The van der Waals surface area contributed by atoms with Gasteiger partial charge in [-0.3, -0.25) is 4.57 Å². The van der Waals surface area contributed by atoms with Crippen molar-refractivity contribution in [3.63, 3.8) is 0 Å². The van der Waals surface area contributed by atoms with Gasteiger partial charge in [0.25, 0.3) is 0 Å². The summed E-state index contributed by atoms with van der Waals surface area (Å²) in [6, 6.07) is 4.81. The molecule has 0 atom stereocenters. The fourth-order valence-electron chi connectivity index (χ4n) is 1.28. The second-order valence-electron chi connectivity index (χ2n) is 3.59. The van der Waals surface area contributed by atoms with E-state index >= 15 is 0 Å². The van der Waals surface area contributed by atoms with Gasteiger partial charge in [-0.05, 0) is 11.6 Å². The summed E-state index contributed by atoms with van der Waals surface area (Å²) >= 11 is 0. The van der Waals surface area contributed by atoms with Gasteiger partial charge in [0.2, 0.25) is 0 Å². The Bertz CT molecular complexity index is 470. The molecular weight excluding hydrogens is 265 g/mol. The van der Waals surface area contributed by atoms with Crippen molar-refractivity contribution < 1.29 is 27.9 Å². The largest absolute Gasteiger partial charge is 0.399 e. The summed E-state index contributed by atoms with van der Waals surface area (Å²) < 4.78 is 42.6. The van der Waals surface area contributed by atoms with E-state index in [4.69, 9.17) is 14.5 Å². The van der Waals surface area contributed by atoms with E-state index in [9.17, 15) is 13.3 Å². The van der Waals surface area contributed by atoms with Crippen molar-refractivity contribution in [2.75, 3.05) is 6.61 Å². The zero-order valence-corrected chi connectivity index (χ0v) is 10.3. The Hall–Kier alpha value is -1.07. The van der Waals surface area contributed by atoms with E-state index in [0.717, 1.165) is 12.1 Å². The van der Waals surface area contributed by atoms with Crippen molar-refractivity contribution in [2.24, 2.45) is 0 Å². The van der Waals surface area contributed by atoms with Crippen molar-refractivity contribution in [1.82, 2.24) is 0 Å². The molecule has 0 aromatic heterocycles. The highest BCUT2D eigenvalue weighted by molar-refractivity contribution is 7.52. The van der Waals surface area contributed by atoms with Gasteiger partial charge >= 0.3 is 13.3 Å². The van der Waals surface area contributed by atoms with E-state index in [1.807, 2.05) is 0 Å². The third kappa shape index (κ3) is 3.46. The zero-order chi connectivity index (χ0) is 13.8. The summed E-state index contributed by atoms with van der Waals surface area (Å²) in [5, 5.41) is 0. The Kier molecular flexibility index (Phi) is 4.76. The average Bonchev–Trinajstić information content (AvgIpc) is 2.28. The Morgan fingerprint density at radius 1 is 1.44 bits per heavy atom. The summed E-state index contributed by atoms with van der Waals surface area (Å²) in [4.78, 5) is 17.2. The van der Waals surface area contributed by atoms with Gasteiger partial charge in [0, 0.05) is 5.56 Å². The summed E-state index contributed by atoms with van der Waals surface area (Å²) in [5.41, 5.74) is -4.51. The molecule has 4 nitrogen and oxygen atoms in total. The molecule has 0 unspecified atom stereocenters. The molecule has 0 heterocycles. The van der Waals surface area contributed by atoms with Crippen LogP contribution in [0.4, 0.5) is 8.78 Å². The van der Waals surface area contributed by atoms with Gasteiger partial charge in [0.15, 0.2) is 0 Å². The molecular formula is C11H13F2O4P. The molecule has 1 aromatic carbocycles. The van der Waals surface area contributed by atoms with Gasteiger partial charge in [0.1, 0.15) is 0 Å². The van der Waals surface area contributed by atoms with Crippen LogP contribution in [0.3, 0.4) is 0 Å². The Morgan fingerprint density at radius 3 is 2.67 bits per heavy atom. The summed E-state index contributed by atoms with van der Waals surface area (Å²) in [6.45, 7) is 3.76. The molecule has 1 aromatic rings. The highest BCUT2D eigenvalue weighted by Crippen LogP contribution is 2.59. The Labute approximate surface area is 103 Å². The number of halogens is 2. The van der Waals surface area contributed by atoms with Crippen LogP contribution in [0.5, 0.6) is 0 Å². The topological polar surface area (TPSA) is 66.8 Å². The predicted octanol–water partition coefficient (Wildman–Crippen LogP) is 2.62. The number of hydrogen-bond acceptors (Lipinski definition) is 2. The Morgan fingerprint density at radius 2 is 2.11 bits per heavy atom. The molecule has 7 heteroatoms. The second kappa shape index (κ2) is 5.71. The molecule has 0 saturated heterocycles. The fourth-order valence-corrected chi connectivity index (χ4v) is 1.75. The van der Waals surface area contributed by atoms with Crippen molar-refractivity contribution in [1.29, 1.82) is 0 Å². The minimum atomic E-state index is -5.53. The zero-order valence-electron chi connectivity index (χ0n) is 9.42. The lowest BCUT2D eigenvalue weighted by atomic mass is 10.1. The molecule has 100 valence electrons. The van der Waals surface area contributed by atoms with E-state index in [1.165, 1.54) is 18.2 Å². The molecule has 0 radical (unpaired) electrons. The molecule has 0 spiro atoms. The van der Waals surface area contributed by atoms with Gasteiger partial charge in [-0.25, -0.2) is 0 Å². The summed E-state index contributed by atoms with van der Waals surface area (Å²) in [5.74, 6) is 0. The van der Waals surface area contributed by atoms with E-state index in [1.54, 1.807) is 0 Å². The SMILES string of the molecule is C=CCOCc1cccc(C(F)(F)P(=O)(O)O)c1. The van der Waals surface area contributed by atoms with Crippen LogP contribution in [0.2, 0.25) is 0 Å². The lowest BCUT2D eigenvalue weighted by Gasteiger charge is -2.18. The number of rotatable bonds is 6. The summed E-state index contributed by atoms with van der Waals surface area (Å²) in [7, 11) is -5.53. The van der Waals surface area contributed by atoms with Crippen LogP contribution in [0.15, 0.2) is 36.9 Å². The van der Waals surface area contributed by atoms with Crippen molar-refractivity contribution in [2.45, 2.75) is 12.3 Å². The molecule has 1 rings (SSSR count). The second-order valence-corrected chi connectivity index (χ2v) is 5.24. The molecule has 0 aliphatic rings. The van der Waals surface area contributed by atoms with Gasteiger partial charge in [-0.1, -0.05) is 24.3 Å². The highest BCUT2D eigenvalue weighted by Gasteiger charge is 2.50. The van der Waals surface area contributed by atoms with Crippen LogP contribution in [-0.2, 0) is 21.6 Å². The maximum atomic E-state index is 13.4. The van der Waals surface area contributed by atoms with E-state index in [0.29, 0.717) is 5.56 Å². The molecule has 0 aliphatic heterocycles. The molecule has 18 heavy (non-hydrogen) atoms. The van der Waals surface area contributed by atoms with Gasteiger partial charge in [-0.2, -0.15) is 8.78 Å². The number of alkyl halides is 2. The first-order chi connectivity index (χ1) is 8.29.